The lowest BCUT2D eigenvalue weighted by Gasteiger charge is -2.15. The Balaban J connectivity index is 1.93. The van der Waals surface area contributed by atoms with Gasteiger partial charge in [0.25, 0.3) is 0 Å². The van der Waals surface area contributed by atoms with Crippen molar-refractivity contribution in [1.82, 2.24) is 4.90 Å². The highest BCUT2D eigenvalue weighted by Gasteiger charge is 2.27. The van der Waals surface area contributed by atoms with Crippen molar-refractivity contribution in [2.24, 2.45) is 5.73 Å². The van der Waals surface area contributed by atoms with Gasteiger partial charge in [-0.15, -0.1) is 0 Å². The number of amides is 1. The lowest BCUT2D eigenvalue weighted by molar-refractivity contribution is -0.128. The van der Waals surface area contributed by atoms with Gasteiger partial charge in [-0.25, -0.2) is 0 Å². The molecule has 3 N–H and O–H groups in total. The minimum atomic E-state index is -0.514. The summed E-state index contributed by atoms with van der Waals surface area (Å²) in [6.45, 7) is 3.52. The van der Waals surface area contributed by atoms with Crippen LogP contribution in [0.15, 0.2) is 0 Å². The Morgan fingerprint density at radius 3 is 2.56 bits per heavy atom. The molecule has 1 saturated heterocycles. The molecule has 1 amide bonds. The molecule has 1 rings (SSSR count). The van der Waals surface area contributed by atoms with Crippen molar-refractivity contribution in [3.63, 3.8) is 0 Å². The standard InChI is InChI=1S/C10H20N2O4/c11-1-3-15-5-6-16-4-2-12-8-9(13)7-10(12)14/h9,13H,1-8,11H2. The van der Waals surface area contributed by atoms with Crippen LogP contribution in [0.1, 0.15) is 6.42 Å². The van der Waals surface area contributed by atoms with E-state index in [1.54, 1.807) is 4.90 Å². The number of hydrogen-bond acceptors (Lipinski definition) is 5. The molecular formula is C10H20N2O4. The molecule has 94 valence electrons. The van der Waals surface area contributed by atoms with Gasteiger partial charge in [0.15, 0.2) is 0 Å². The van der Waals surface area contributed by atoms with Crippen LogP contribution in [0.2, 0.25) is 0 Å². The number of hydrogen-bond donors (Lipinski definition) is 2. The number of aliphatic hydroxyl groups is 1. The normalized spacial score (nSPS) is 20.8. The fourth-order valence-corrected chi connectivity index (χ4v) is 1.55. The molecule has 0 bridgehead atoms. The first-order valence-corrected chi connectivity index (χ1v) is 5.55. The van der Waals surface area contributed by atoms with Gasteiger partial charge in [-0.05, 0) is 0 Å². The van der Waals surface area contributed by atoms with Crippen LogP contribution in [0.5, 0.6) is 0 Å². The quantitative estimate of drug-likeness (QED) is 0.501. The van der Waals surface area contributed by atoms with Gasteiger partial charge in [0.1, 0.15) is 0 Å². The monoisotopic (exact) mass is 232 g/mol. The molecule has 0 spiro atoms. The first-order valence-electron chi connectivity index (χ1n) is 5.55. The second-order valence-electron chi connectivity index (χ2n) is 3.71. The number of carbonyl (C=O) groups excluding carboxylic acids is 1. The number of rotatable bonds is 8. The Bertz CT molecular complexity index is 213. The van der Waals surface area contributed by atoms with Gasteiger partial charge in [0.05, 0.1) is 39.0 Å². The molecule has 1 heterocycles. The molecule has 1 aliphatic heterocycles. The van der Waals surface area contributed by atoms with Crippen LogP contribution in [0, 0.1) is 0 Å². The Morgan fingerprint density at radius 2 is 2.00 bits per heavy atom. The van der Waals surface area contributed by atoms with Crippen LogP contribution < -0.4 is 5.73 Å². The van der Waals surface area contributed by atoms with Gasteiger partial charge in [-0.1, -0.05) is 0 Å². The summed E-state index contributed by atoms with van der Waals surface area (Å²) in [7, 11) is 0. The Labute approximate surface area is 95.3 Å². The highest BCUT2D eigenvalue weighted by Crippen LogP contribution is 2.09. The summed E-state index contributed by atoms with van der Waals surface area (Å²) in [6.07, 6.45) is -0.278. The molecule has 1 aliphatic rings. The largest absolute Gasteiger partial charge is 0.391 e. The van der Waals surface area contributed by atoms with E-state index >= 15 is 0 Å². The Hall–Kier alpha value is -0.690. The third kappa shape index (κ3) is 4.89. The minimum Gasteiger partial charge on any atom is -0.391 e. The molecule has 0 radical (unpaired) electrons. The van der Waals surface area contributed by atoms with Crippen molar-refractivity contribution in [2.75, 3.05) is 46.1 Å². The molecule has 16 heavy (non-hydrogen) atoms. The zero-order valence-corrected chi connectivity index (χ0v) is 9.43. The van der Waals surface area contributed by atoms with E-state index in [1.165, 1.54) is 0 Å². The second kappa shape index (κ2) is 7.56. The molecule has 6 nitrogen and oxygen atoms in total. The average Bonchev–Trinajstić information content (AvgIpc) is 2.56. The summed E-state index contributed by atoms with van der Waals surface area (Å²) < 4.78 is 10.4. The number of nitrogens with two attached hydrogens (primary N) is 1. The van der Waals surface area contributed by atoms with Gasteiger partial charge in [0, 0.05) is 19.6 Å². The zero-order valence-electron chi connectivity index (χ0n) is 9.43. The summed E-state index contributed by atoms with van der Waals surface area (Å²) in [6, 6.07) is 0. The van der Waals surface area contributed by atoms with Crippen molar-refractivity contribution in [3.8, 4) is 0 Å². The van der Waals surface area contributed by atoms with Crippen LogP contribution in [0.4, 0.5) is 0 Å². The van der Waals surface area contributed by atoms with Gasteiger partial charge in [0.2, 0.25) is 5.91 Å². The molecule has 0 saturated carbocycles. The maximum absolute atomic E-state index is 11.3. The molecular weight excluding hydrogens is 212 g/mol. The molecule has 1 atom stereocenters. The van der Waals surface area contributed by atoms with Crippen LogP contribution in [-0.2, 0) is 14.3 Å². The van der Waals surface area contributed by atoms with Crippen molar-refractivity contribution in [3.05, 3.63) is 0 Å². The number of ether oxygens (including phenoxy) is 2. The van der Waals surface area contributed by atoms with Crippen LogP contribution in [-0.4, -0.2) is 68.1 Å². The van der Waals surface area contributed by atoms with Crippen molar-refractivity contribution in [2.45, 2.75) is 12.5 Å². The van der Waals surface area contributed by atoms with E-state index in [9.17, 15) is 9.90 Å². The van der Waals surface area contributed by atoms with Gasteiger partial charge < -0.3 is 25.2 Å². The van der Waals surface area contributed by atoms with E-state index in [4.69, 9.17) is 15.2 Å². The van der Waals surface area contributed by atoms with E-state index < -0.39 is 6.10 Å². The summed E-state index contributed by atoms with van der Waals surface area (Å²) in [5.41, 5.74) is 5.25. The van der Waals surface area contributed by atoms with Crippen LogP contribution in [0.3, 0.4) is 0 Å². The van der Waals surface area contributed by atoms with E-state index in [0.717, 1.165) is 0 Å². The van der Waals surface area contributed by atoms with E-state index in [1.807, 2.05) is 0 Å². The maximum Gasteiger partial charge on any atom is 0.225 e. The highest BCUT2D eigenvalue weighted by molar-refractivity contribution is 5.78. The zero-order chi connectivity index (χ0) is 11.8. The highest BCUT2D eigenvalue weighted by atomic mass is 16.5. The first-order chi connectivity index (χ1) is 7.74. The van der Waals surface area contributed by atoms with Crippen LogP contribution >= 0.6 is 0 Å². The lowest BCUT2D eigenvalue weighted by atomic mass is 10.3. The molecule has 0 aromatic carbocycles. The molecule has 0 aromatic heterocycles. The fraction of sp³-hybridized carbons (Fsp3) is 0.900. The predicted molar refractivity (Wildman–Crippen MR) is 57.9 cm³/mol. The van der Waals surface area contributed by atoms with E-state index in [-0.39, 0.29) is 12.3 Å². The topological polar surface area (TPSA) is 85.0 Å². The summed E-state index contributed by atoms with van der Waals surface area (Å²) in [5, 5.41) is 9.23. The summed E-state index contributed by atoms with van der Waals surface area (Å²) in [4.78, 5) is 12.9. The molecule has 0 aromatic rings. The van der Waals surface area contributed by atoms with Crippen molar-refractivity contribution < 1.29 is 19.4 Å². The number of carbonyl (C=O) groups is 1. The number of aliphatic hydroxyl groups excluding tert-OH is 1. The number of likely N-dealkylation sites (tertiary alicyclic amines) is 1. The third-order valence-corrected chi connectivity index (χ3v) is 2.33. The Morgan fingerprint density at radius 1 is 1.31 bits per heavy atom. The van der Waals surface area contributed by atoms with Gasteiger partial charge in [-0.3, -0.25) is 4.79 Å². The third-order valence-electron chi connectivity index (χ3n) is 2.33. The smallest absolute Gasteiger partial charge is 0.225 e. The van der Waals surface area contributed by atoms with Crippen molar-refractivity contribution >= 4 is 5.91 Å². The lowest BCUT2D eigenvalue weighted by Crippen LogP contribution is -2.30. The molecule has 1 fully saturated rings. The number of β-amino-alcohol motifs (C(OH)–C–C–N with tert-alkyl or cyclic N) is 1. The second-order valence-corrected chi connectivity index (χ2v) is 3.71. The SMILES string of the molecule is NCCOCCOCCN1CC(O)CC1=O. The predicted octanol–water partition coefficient (Wildman–Crippen LogP) is -1.43. The Kier molecular flexibility index (Phi) is 6.32. The van der Waals surface area contributed by atoms with Crippen molar-refractivity contribution in [1.29, 1.82) is 0 Å². The summed E-state index contributed by atoms with van der Waals surface area (Å²) >= 11 is 0. The summed E-state index contributed by atoms with van der Waals surface area (Å²) in [5.74, 6) is -0.00418. The van der Waals surface area contributed by atoms with Gasteiger partial charge in [-0.2, -0.15) is 0 Å². The minimum absolute atomic E-state index is 0.00418. The van der Waals surface area contributed by atoms with E-state index in [2.05, 4.69) is 0 Å². The van der Waals surface area contributed by atoms with E-state index in [0.29, 0.717) is 46.1 Å². The van der Waals surface area contributed by atoms with Crippen LogP contribution in [0.25, 0.3) is 0 Å². The fourth-order valence-electron chi connectivity index (χ4n) is 1.55. The number of nitrogens with zero attached hydrogens (tertiary/aromatic N) is 1. The molecule has 1 unspecified atom stereocenters. The molecule has 0 aliphatic carbocycles. The average molecular weight is 232 g/mol. The molecule has 6 heteroatoms. The first kappa shape index (κ1) is 13.4. The van der Waals surface area contributed by atoms with Gasteiger partial charge >= 0.3 is 0 Å². The maximum atomic E-state index is 11.3.